The van der Waals surface area contributed by atoms with Crippen molar-refractivity contribution in [1.29, 1.82) is 0 Å². The Balaban J connectivity index is 1.72. The van der Waals surface area contributed by atoms with Crippen molar-refractivity contribution < 1.29 is 14.3 Å². The van der Waals surface area contributed by atoms with E-state index in [0.717, 1.165) is 0 Å². The van der Waals surface area contributed by atoms with Gasteiger partial charge in [-0.1, -0.05) is 29.3 Å². The molecule has 0 radical (unpaired) electrons. The van der Waals surface area contributed by atoms with E-state index in [4.69, 9.17) is 32.7 Å². The topological polar surface area (TPSA) is 97.4 Å². The van der Waals surface area contributed by atoms with Crippen molar-refractivity contribution in [3.05, 3.63) is 58.8 Å². The molecule has 0 fully saturated rings. The molecular formula is C19H17Cl2N5O3. The van der Waals surface area contributed by atoms with Gasteiger partial charge < -0.3 is 20.1 Å². The molecule has 0 aliphatic rings. The fourth-order valence-electron chi connectivity index (χ4n) is 2.40. The summed E-state index contributed by atoms with van der Waals surface area (Å²) in [5, 5.41) is 8.96. The van der Waals surface area contributed by atoms with E-state index < -0.39 is 6.03 Å². The van der Waals surface area contributed by atoms with Crippen LogP contribution in [0.1, 0.15) is 0 Å². The highest BCUT2D eigenvalue weighted by Crippen LogP contribution is 2.30. The summed E-state index contributed by atoms with van der Waals surface area (Å²) in [5.41, 5.74) is 1.00. The van der Waals surface area contributed by atoms with Crippen molar-refractivity contribution in [2.24, 2.45) is 0 Å². The standard InChI is InChI=1S/C19H17Cl2N5O3/c1-28-12-6-11(7-13(8-12)29-2)24-16-9-17(23-10-22-16)25-19(27)26-18-14(20)4-3-5-15(18)21/h3-10H,1-2H3,(H3,22,23,24,25,26,27). The molecule has 3 N–H and O–H groups in total. The molecule has 0 bridgehead atoms. The summed E-state index contributed by atoms with van der Waals surface area (Å²) < 4.78 is 10.5. The zero-order valence-corrected chi connectivity index (χ0v) is 17.0. The number of carbonyl (C=O) groups is 1. The number of urea groups is 1. The fraction of sp³-hybridized carbons (Fsp3) is 0.105. The van der Waals surface area contributed by atoms with E-state index in [1.54, 1.807) is 56.7 Å². The van der Waals surface area contributed by atoms with Gasteiger partial charge in [0.1, 0.15) is 29.5 Å². The molecule has 29 heavy (non-hydrogen) atoms. The highest BCUT2D eigenvalue weighted by Gasteiger charge is 2.11. The lowest BCUT2D eigenvalue weighted by Gasteiger charge is -2.12. The number of benzene rings is 2. The zero-order chi connectivity index (χ0) is 20.8. The summed E-state index contributed by atoms with van der Waals surface area (Å²) in [7, 11) is 3.13. The molecule has 0 saturated heterocycles. The van der Waals surface area contributed by atoms with Crippen LogP contribution in [0.5, 0.6) is 11.5 Å². The first kappa shape index (κ1) is 20.5. The Kier molecular flexibility index (Phi) is 6.58. The van der Waals surface area contributed by atoms with Gasteiger partial charge in [-0.3, -0.25) is 5.32 Å². The first-order valence-corrected chi connectivity index (χ1v) is 9.08. The van der Waals surface area contributed by atoms with Gasteiger partial charge in [0.25, 0.3) is 0 Å². The summed E-state index contributed by atoms with van der Waals surface area (Å²) >= 11 is 12.1. The molecule has 0 aliphatic carbocycles. The molecule has 3 aromatic rings. The van der Waals surface area contributed by atoms with Crippen molar-refractivity contribution in [2.75, 3.05) is 30.2 Å². The predicted octanol–water partition coefficient (Wildman–Crippen LogP) is 5.19. The van der Waals surface area contributed by atoms with Crippen LogP contribution < -0.4 is 25.4 Å². The monoisotopic (exact) mass is 433 g/mol. The Morgan fingerprint density at radius 3 is 2.14 bits per heavy atom. The minimum absolute atomic E-state index is 0.276. The van der Waals surface area contributed by atoms with E-state index >= 15 is 0 Å². The summed E-state index contributed by atoms with van der Waals surface area (Å²) in [5.74, 6) is 1.98. The number of nitrogens with one attached hydrogen (secondary N) is 3. The van der Waals surface area contributed by atoms with E-state index in [-0.39, 0.29) is 5.82 Å². The molecular weight excluding hydrogens is 417 g/mol. The highest BCUT2D eigenvalue weighted by atomic mass is 35.5. The van der Waals surface area contributed by atoms with E-state index in [1.807, 2.05) is 0 Å². The number of halogens is 2. The minimum Gasteiger partial charge on any atom is -0.497 e. The van der Waals surface area contributed by atoms with Gasteiger partial charge in [0, 0.05) is 30.0 Å². The Morgan fingerprint density at radius 2 is 1.52 bits per heavy atom. The number of rotatable bonds is 6. The van der Waals surface area contributed by atoms with E-state index in [9.17, 15) is 4.79 Å². The van der Waals surface area contributed by atoms with Gasteiger partial charge in [0.2, 0.25) is 0 Å². The number of para-hydroxylation sites is 1. The Morgan fingerprint density at radius 1 is 0.897 bits per heavy atom. The van der Waals surface area contributed by atoms with E-state index in [0.29, 0.717) is 38.7 Å². The van der Waals surface area contributed by atoms with Gasteiger partial charge in [0.15, 0.2) is 0 Å². The summed E-state index contributed by atoms with van der Waals surface area (Å²) in [6, 6.07) is 11.3. The minimum atomic E-state index is -0.548. The maximum Gasteiger partial charge on any atom is 0.324 e. The first-order chi connectivity index (χ1) is 14.0. The van der Waals surface area contributed by atoms with Gasteiger partial charge >= 0.3 is 6.03 Å². The number of methoxy groups -OCH3 is 2. The lowest BCUT2D eigenvalue weighted by atomic mass is 10.2. The maximum absolute atomic E-state index is 12.3. The fourth-order valence-corrected chi connectivity index (χ4v) is 2.89. The predicted molar refractivity (Wildman–Crippen MR) is 114 cm³/mol. The normalized spacial score (nSPS) is 10.2. The molecule has 0 saturated carbocycles. The lowest BCUT2D eigenvalue weighted by molar-refractivity contribution is 0.262. The molecule has 8 nitrogen and oxygen atoms in total. The van der Waals surface area contributed by atoms with Crippen LogP contribution in [0.15, 0.2) is 48.8 Å². The van der Waals surface area contributed by atoms with Crippen molar-refractivity contribution in [2.45, 2.75) is 0 Å². The molecule has 2 amide bonds. The van der Waals surface area contributed by atoms with Crippen LogP contribution in [0.3, 0.4) is 0 Å². The number of ether oxygens (including phenoxy) is 2. The van der Waals surface area contributed by atoms with Gasteiger partial charge in [0.05, 0.1) is 30.0 Å². The number of hydrogen-bond acceptors (Lipinski definition) is 6. The summed E-state index contributed by atoms with van der Waals surface area (Å²) in [4.78, 5) is 20.5. The second kappa shape index (κ2) is 9.31. The largest absolute Gasteiger partial charge is 0.497 e. The molecule has 10 heteroatoms. The molecule has 1 aromatic heterocycles. The van der Waals surface area contributed by atoms with Crippen LogP contribution in [-0.4, -0.2) is 30.2 Å². The molecule has 0 spiro atoms. The molecule has 1 heterocycles. The lowest BCUT2D eigenvalue weighted by Crippen LogP contribution is -2.20. The smallest absolute Gasteiger partial charge is 0.324 e. The van der Waals surface area contributed by atoms with Crippen molar-refractivity contribution in [3.63, 3.8) is 0 Å². The summed E-state index contributed by atoms with van der Waals surface area (Å²) in [6.07, 6.45) is 1.32. The second-order valence-electron chi connectivity index (χ2n) is 5.69. The zero-order valence-electron chi connectivity index (χ0n) is 15.5. The Hall–Kier alpha value is -3.23. The molecule has 0 aliphatic heterocycles. The first-order valence-electron chi connectivity index (χ1n) is 8.32. The number of aromatic nitrogens is 2. The molecule has 2 aromatic carbocycles. The van der Waals surface area contributed by atoms with Crippen LogP contribution in [0.4, 0.5) is 27.8 Å². The van der Waals surface area contributed by atoms with Gasteiger partial charge in [-0.15, -0.1) is 0 Å². The third kappa shape index (κ3) is 5.40. The van der Waals surface area contributed by atoms with Crippen LogP contribution in [0.2, 0.25) is 10.0 Å². The maximum atomic E-state index is 12.3. The second-order valence-corrected chi connectivity index (χ2v) is 6.51. The van der Waals surface area contributed by atoms with Crippen molar-refractivity contribution >= 4 is 52.2 Å². The van der Waals surface area contributed by atoms with Gasteiger partial charge in [-0.05, 0) is 12.1 Å². The Bertz CT molecular complexity index is 990. The van der Waals surface area contributed by atoms with Crippen molar-refractivity contribution in [1.82, 2.24) is 9.97 Å². The number of nitrogens with zero attached hydrogens (tertiary/aromatic N) is 2. The SMILES string of the molecule is COc1cc(Nc2cc(NC(=O)Nc3c(Cl)cccc3Cl)ncn2)cc(OC)c1. The van der Waals surface area contributed by atoms with Crippen LogP contribution in [0.25, 0.3) is 0 Å². The number of anilines is 4. The average Bonchev–Trinajstić information content (AvgIpc) is 2.70. The molecule has 3 rings (SSSR count). The molecule has 150 valence electrons. The number of carbonyl (C=O) groups excluding carboxylic acids is 1. The quantitative estimate of drug-likeness (QED) is 0.494. The van der Waals surface area contributed by atoms with Crippen LogP contribution in [-0.2, 0) is 0 Å². The molecule has 0 unspecified atom stereocenters. The van der Waals surface area contributed by atoms with Gasteiger partial charge in [-0.2, -0.15) is 0 Å². The van der Waals surface area contributed by atoms with Gasteiger partial charge in [-0.25, -0.2) is 14.8 Å². The van der Waals surface area contributed by atoms with E-state index in [2.05, 4.69) is 25.9 Å². The molecule has 0 atom stereocenters. The Labute approximate surface area is 177 Å². The number of amides is 2. The third-order valence-corrected chi connectivity index (χ3v) is 4.36. The van der Waals surface area contributed by atoms with Crippen molar-refractivity contribution in [3.8, 4) is 11.5 Å². The summed E-state index contributed by atoms with van der Waals surface area (Å²) in [6.45, 7) is 0. The van der Waals surface area contributed by atoms with E-state index in [1.165, 1.54) is 6.33 Å². The third-order valence-electron chi connectivity index (χ3n) is 3.73. The van der Waals surface area contributed by atoms with Crippen LogP contribution in [0, 0.1) is 0 Å². The average molecular weight is 434 g/mol. The number of hydrogen-bond donors (Lipinski definition) is 3. The van der Waals surface area contributed by atoms with Crippen LogP contribution >= 0.6 is 23.2 Å². The highest BCUT2D eigenvalue weighted by molar-refractivity contribution is 6.39.